The Morgan fingerprint density at radius 2 is 2.11 bits per heavy atom. The summed E-state index contributed by atoms with van der Waals surface area (Å²) in [6.07, 6.45) is 0.546. The van der Waals surface area contributed by atoms with Gasteiger partial charge in [-0.1, -0.05) is 12.1 Å². The molecule has 0 spiro atoms. The number of rotatable bonds is 5. The van der Waals surface area contributed by atoms with Crippen molar-refractivity contribution in [2.45, 2.75) is 44.2 Å². The second-order valence-corrected chi connectivity index (χ2v) is 6.62. The maximum atomic E-state index is 13.8. The van der Waals surface area contributed by atoms with Crippen molar-refractivity contribution in [2.75, 3.05) is 10.6 Å². The molecule has 0 bridgehead atoms. The number of benzene rings is 1. The van der Waals surface area contributed by atoms with Crippen LogP contribution in [-0.2, 0) is 0 Å². The van der Waals surface area contributed by atoms with E-state index in [1.165, 1.54) is 0 Å². The predicted molar refractivity (Wildman–Crippen MR) is 97.0 cm³/mol. The molecule has 0 saturated heterocycles. The van der Waals surface area contributed by atoms with Crippen molar-refractivity contribution >= 4 is 23.4 Å². The molecule has 1 heterocycles. The number of alkyl halides is 2. The number of amides is 1. The van der Waals surface area contributed by atoms with E-state index in [9.17, 15) is 13.6 Å². The molecule has 3 rings (SSSR count). The maximum Gasteiger partial charge on any atom is 0.273 e. The normalized spacial score (nSPS) is 21.5. The Morgan fingerprint density at radius 1 is 1.33 bits per heavy atom. The van der Waals surface area contributed by atoms with E-state index in [4.69, 9.17) is 11.5 Å². The van der Waals surface area contributed by atoms with Crippen LogP contribution >= 0.6 is 0 Å². The van der Waals surface area contributed by atoms with Crippen molar-refractivity contribution in [2.24, 2.45) is 11.5 Å². The van der Waals surface area contributed by atoms with Crippen LogP contribution in [0.1, 0.15) is 35.3 Å². The van der Waals surface area contributed by atoms with Gasteiger partial charge in [0.15, 0.2) is 11.5 Å². The number of anilines is 3. The Morgan fingerprint density at radius 3 is 2.81 bits per heavy atom. The standard InChI is InChI=1S/C17H21F2N7O/c1-9-4-2-5-10(8-9)22-15-12(14(21)27)25-26-16(24-15)23-11-6-3-7-17(18,19)13(11)20/h2,4-5,8,11,13H,3,6-7,20H2,1H3,(H2,21,27)(H2,22,23,24,26)/t11-,13-/m1/s1. The van der Waals surface area contributed by atoms with E-state index in [2.05, 4.69) is 25.8 Å². The van der Waals surface area contributed by atoms with Gasteiger partial charge in [0.2, 0.25) is 5.95 Å². The van der Waals surface area contributed by atoms with Crippen LogP contribution in [0.15, 0.2) is 24.3 Å². The molecule has 1 fully saturated rings. The average Bonchev–Trinajstić information content (AvgIpc) is 2.59. The number of halogens is 2. The SMILES string of the molecule is Cc1cccc(Nc2nc(N[C@@H]3CCCC(F)(F)[C@@H]3N)nnc2C(N)=O)c1. The minimum absolute atomic E-state index is 0.00620. The third-order valence-electron chi connectivity index (χ3n) is 4.46. The summed E-state index contributed by atoms with van der Waals surface area (Å²) >= 11 is 0. The second kappa shape index (κ2) is 7.39. The Balaban J connectivity index is 1.86. The van der Waals surface area contributed by atoms with E-state index in [0.29, 0.717) is 18.5 Å². The molecule has 1 aliphatic carbocycles. The zero-order valence-corrected chi connectivity index (χ0v) is 14.7. The molecule has 1 aromatic carbocycles. The lowest BCUT2D eigenvalue weighted by molar-refractivity contribution is -0.0555. The molecule has 10 heteroatoms. The van der Waals surface area contributed by atoms with Gasteiger partial charge in [-0.2, -0.15) is 4.98 Å². The van der Waals surface area contributed by atoms with Gasteiger partial charge in [-0.15, -0.1) is 10.2 Å². The summed E-state index contributed by atoms with van der Waals surface area (Å²) in [5.74, 6) is -3.69. The lowest BCUT2D eigenvalue weighted by Gasteiger charge is -2.35. The third-order valence-corrected chi connectivity index (χ3v) is 4.46. The van der Waals surface area contributed by atoms with Crippen LogP contribution in [0.5, 0.6) is 0 Å². The fourth-order valence-corrected chi connectivity index (χ4v) is 3.03. The average molecular weight is 377 g/mol. The van der Waals surface area contributed by atoms with E-state index in [0.717, 1.165) is 5.56 Å². The quantitative estimate of drug-likeness (QED) is 0.626. The smallest absolute Gasteiger partial charge is 0.273 e. The zero-order chi connectivity index (χ0) is 19.6. The number of primary amides is 1. The van der Waals surface area contributed by atoms with Gasteiger partial charge < -0.3 is 22.1 Å². The van der Waals surface area contributed by atoms with Gasteiger partial charge in [-0.25, -0.2) is 8.78 Å². The molecule has 1 amide bonds. The third kappa shape index (κ3) is 4.27. The van der Waals surface area contributed by atoms with Gasteiger partial charge in [-0.3, -0.25) is 4.79 Å². The number of carbonyl (C=O) groups is 1. The summed E-state index contributed by atoms with van der Waals surface area (Å²) in [7, 11) is 0. The first-order valence-corrected chi connectivity index (χ1v) is 8.54. The minimum atomic E-state index is -2.96. The van der Waals surface area contributed by atoms with Crippen molar-refractivity contribution in [3.05, 3.63) is 35.5 Å². The number of hydrogen-bond acceptors (Lipinski definition) is 7. The van der Waals surface area contributed by atoms with E-state index in [1.54, 1.807) is 6.07 Å². The summed E-state index contributed by atoms with van der Waals surface area (Å²) in [5.41, 5.74) is 12.5. The second-order valence-electron chi connectivity index (χ2n) is 6.62. The van der Waals surface area contributed by atoms with E-state index >= 15 is 0 Å². The van der Waals surface area contributed by atoms with Gasteiger partial charge in [0, 0.05) is 12.1 Å². The highest BCUT2D eigenvalue weighted by Gasteiger charge is 2.45. The van der Waals surface area contributed by atoms with Gasteiger partial charge >= 0.3 is 0 Å². The topological polar surface area (TPSA) is 132 Å². The predicted octanol–water partition coefficient (Wildman–Crippen LogP) is 1.95. The Labute approximate surface area is 154 Å². The van der Waals surface area contributed by atoms with Gasteiger partial charge in [0.1, 0.15) is 0 Å². The van der Waals surface area contributed by atoms with Crippen molar-refractivity contribution in [3.63, 3.8) is 0 Å². The number of nitrogens with two attached hydrogens (primary N) is 2. The highest BCUT2D eigenvalue weighted by molar-refractivity contribution is 5.96. The first-order valence-electron chi connectivity index (χ1n) is 8.54. The van der Waals surface area contributed by atoms with Crippen molar-refractivity contribution in [1.82, 2.24) is 15.2 Å². The summed E-state index contributed by atoms with van der Waals surface area (Å²) in [4.78, 5) is 15.8. The molecular weight excluding hydrogens is 356 g/mol. The van der Waals surface area contributed by atoms with Crippen LogP contribution in [0.25, 0.3) is 0 Å². The fraction of sp³-hybridized carbons (Fsp3) is 0.412. The van der Waals surface area contributed by atoms with Crippen molar-refractivity contribution in [3.8, 4) is 0 Å². The highest BCUT2D eigenvalue weighted by Crippen LogP contribution is 2.33. The zero-order valence-electron chi connectivity index (χ0n) is 14.7. The maximum absolute atomic E-state index is 13.8. The Bertz CT molecular complexity index is 846. The summed E-state index contributed by atoms with van der Waals surface area (Å²) < 4.78 is 27.7. The lowest BCUT2D eigenvalue weighted by atomic mass is 9.87. The molecular formula is C17H21F2N7O. The van der Waals surface area contributed by atoms with Crippen LogP contribution in [0.4, 0.5) is 26.2 Å². The molecule has 1 aromatic heterocycles. The van der Waals surface area contributed by atoms with Crippen molar-refractivity contribution in [1.29, 1.82) is 0 Å². The molecule has 1 aliphatic rings. The summed E-state index contributed by atoms with van der Waals surface area (Å²) in [6.45, 7) is 1.91. The van der Waals surface area contributed by atoms with Crippen LogP contribution in [0, 0.1) is 6.92 Å². The number of hydrogen-bond donors (Lipinski definition) is 4. The van der Waals surface area contributed by atoms with Gasteiger partial charge in [-0.05, 0) is 37.5 Å². The van der Waals surface area contributed by atoms with Gasteiger partial charge in [0.05, 0.1) is 12.1 Å². The van der Waals surface area contributed by atoms with Crippen LogP contribution in [-0.4, -0.2) is 39.1 Å². The highest BCUT2D eigenvalue weighted by atomic mass is 19.3. The molecule has 8 nitrogen and oxygen atoms in total. The minimum Gasteiger partial charge on any atom is -0.364 e. The van der Waals surface area contributed by atoms with Crippen LogP contribution in [0.3, 0.4) is 0 Å². The first-order chi connectivity index (χ1) is 12.8. The van der Waals surface area contributed by atoms with Crippen LogP contribution in [0.2, 0.25) is 0 Å². The number of aryl methyl sites for hydroxylation is 1. The summed E-state index contributed by atoms with van der Waals surface area (Å²) in [6, 6.07) is 5.30. The molecule has 144 valence electrons. The molecule has 0 aliphatic heterocycles. The van der Waals surface area contributed by atoms with Crippen molar-refractivity contribution < 1.29 is 13.6 Å². The van der Waals surface area contributed by atoms with Gasteiger partial charge in [0.25, 0.3) is 11.8 Å². The van der Waals surface area contributed by atoms with Crippen LogP contribution < -0.4 is 22.1 Å². The number of nitrogens with zero attached hydrogens (tertiary/aromatic N) is 3. The molecule has 27 heavy (non-hydrogen) atoms. The molecule has 2 aromatic rings. The largest absolute Gasteiger partial charge is 0.364 e. The van der Waals surface area contributed by atoms with E-state index < -0.39 is 23.9 Å². The molecule has 0 unspecified atom stereocenters. The molecule has 1 saturated carbocycles. The fourth-order valence-electron chi connectivity index (χ4n) is 3.03. The Hall–Kier alpha value is -2.88. The molecule has 2 atom stereocenters. The lowest BCUT2D eigenvalue weighted by Crippen LogP contribution is -2.55. The monoisotopic (exact) mass is 377 g/mol. The molecule has 6 N–H and O–H groups in total. The van der Waals surface area contributed by atoms with E-state index in [-0.39, 0.29) is 23.9 Å². The molecule has 0 radical (unpaired) electrons. The number of carbonyl (C=O) groups excluding carboxylic acids is 1. The number of nitrogens with one attached hydrogen (secondary N) is 2. The summed E-state index contributed by atoms with van der Waals surface area (Å²) in [5, 5.41) is 13.3. The number of aromatic nitrogens is 3. The first kappa shape index (κ1) is 18.9. The van der Waals surface area contributed by atoms with E-state index in [1.807, 2.05) is 25.1 Å². The Kier molecular flexibility index (Phi) is 5.17.